The normalized spacial score (nSPS) is 10.3. The lowest BCUT2D eigenvalue weighted by molar-refractivity contribution is 0.112. The van der Waals surface area contributed by atoms with Gasteiger partial charge in [-0.05, 0) is 24.4 Å². The molecule has 12 heavy (non-hydrogen) atoms. The monoisotopic (exact) mass is 179 g/mol. The van der Waals surface area contributed by atoms with Gasteiger partial charge in [0.1, 0.15) is 0 Å². The summed E-state index contributed by atoms with van der Waals surface area (Å²) in [6, 6.07) is 5.21. The Bertz CT molecular complexity index is 483. The van der Waals surface area contributed by atoms with Gasteiger partial charge in [-0.2, -0.15) is 0 Å². The summed E-state index contributed by atoms with van der Waals surface area (Å²) in [7, 11) is 0. The number of nitrogens with one attached hydrogen (secondary N) is 1. The number of rotatable bonds is 1. The van der Waals surface area contributed by atoms with Crippen molar-refractivity contribution in [1.29, 1.82) is 0 Å². The van der Waals surface area contributed by atoms with Crippen molar-refractivity contribution in [3.8, 4) is 0 Å². The minimum Gasteiger partial charge on any atom is -0.429 e. The number of fused-ring (bicyclic) bond motifs is 1. The second-order valence-corrected chi connectivity index (χ2v) is 2.72. The fraction of sp³-hybridized carbons (Fsp3) is 0. The van der Waals surface area contributed by atoms with Crippen LogP contribution in [0.3, 0.4) is 0 Å². The van der Waals surface area contributed by atoms with Gasteiger partial charge >= 0.3 is 0 Å². The molecule has 2 aromatic rings. The largest absolute Gasteiger partial charge is 0.429 e. The second-order valence-electron chi connectivity index (χ2n) is 2.35. The average Bonchev–Trinajstić information content (AvgIpc) is 2.44. The molecule has 0 spiro atoms. The van der Waals surface area contributed by atoms with E-state index in [0.717, 1.165) is 6.29 Å². The van der Waals surface area contributed by atoms with E-state index >= 15 is 0 Å². The van der Waals surface area contributed by atoms with Crippen molar-refractivity contribution in [1.82, 2.24) is 4.98 Å². The van der Waals surface area contributed by atoms with Crippen molar-refractivity contribution in [3.05, 3.63) is 28.6 Å². The highest BCUT2D eigenvalue weighted by Crippen LogP contribution is 2.15. The van der Waals surface area contributed by atoms with Crippen LogP contribution in [-0.4, -0.2) is 11.3 Å². The summed E-state index contributed by atoms with van der Waals surface area (Å²) in [6.45, 7) is 0. The van der Waals surface area contributed by atoms with Crippen LogP contribution in [0.4, 0.5) is 0 Å². The molecule has 0 fully saturated rings. The topological polar surface area (TPSA) is 46.0 Å². The lowest BCUT2D eigenvalue weighted by Crippen LogP contribution is -1.80. The van der Waals surface area contributed by atoms with E-state index in [1.807, 2.05) is 0 Å². The third-order valence-corrected chi connectivity index (χ3v) is 1.80. The molecule has 1 N–H and O–H groups in total. The van der Waals surface area contributed by atoms with E-state index in [-0.39, 0.29) is 0 Å². The quantitative estimate of drug-likeness (QED) is 0.539. The minimum absolute atomic E-state index is 0.291. The molecule has 0 amide bonds. The second kappa shape index (κ2) is 2.57. The Morgan fingerprint density at radius 2 is 2.33 bits per heavy atom. The number of oxazole rings is 1. The predicted octanol–water partition coefficient (Wildman–Crippen LogP) is 2.30. The highest BCUT2D eigenvalue weighted by atomic mass is 32.1. The average molecular weight is 179 g/mol. The Morgan fingerprint density at radius 1 is 1.50 bits per heavy atom. The maximum atomic E-state index is 10.5. The Balaban J connectivity index is 2.96. The summed E-state index contributed by atoms with van der Waals surface area (Å²) in [5, 5.41) is 0. The zero-order valence-corrected chi connectivity index (χ0v) is 6.85. The molecular weight excluding hydrogens is 174 g/mol. The molecule has 0 bridgehead atoms. The van der Waals surface area contributed by atoms with Gasteiger partial charge in [-0.25, -0.2) is 0 Å². The zero-order valence-electron chi connectivity index (χ0n) is 6.03. The van der Waals surface area contributed by atoms with E-state index in [1.165, 1.54) is 0 Å². The molecule has 0 aliphatic rings. The minimum atomic E-state index is 0.291. The molecule has 1 aromatic carbocycles. The van der Waals surface area contributed by atoms with Gasteiger partial charge in [-0.1, -0.05) is 6.07 Å². The van der Waals surface area contributed by atoms with Gasteiger partial charge in [0.25, 0.3) is 4.84 Å². The van der Waals surface area contributed by atoms with Gasteiger partial charge in [0, 0.05) is 5.56 Å². The van der Waals surface area contributed by atoms with Crippen LogP contribution in [-0.2, 0) is 0 Å². The molecular formula is C8H5NO2S. The predicted molar refractivity (Wildman–Crippen MR) is 46.8 cm³/mol. The van der Waals surface area contributed by atoms with Gasteiger partial charge < -0.3 is 9.40 Å². The van der Waals surface area contributed by atoms with Crippen LogP contribution in [0.5, 0.6) is 0 Å². The van der Waals surface area contributed by atoms with Crippen molar-refractivity contribution < 1.29 is 9.21 Å². The van der Waals surface area contributed by atoms with Crippen LogP contribution >= 0.6 is 12.2 Å². The fourth-order valence-corrected chi connectivity index (χ4v) is 1.28. The van der Waals surface area contributed by atoms with Gasteiger partial charge in [0.2, 0.25) is 0 Å². The van der Waals surface area contributed by atoms with Gasteiger partial charge in [0.05, 0.1) is 5.52 Å². The zero-order chi connectivity index (χ0) is 8.55. The first-order valence-corrected chi connectivity index (χ1v) is 3.79. The molecule has 1 heterocycles. The molecule has 3 nitrogen and oxygen atoms in total. The van der Waals surface area contributed by atoms with E-state index in [4.69, 9.17) is 16.6 Å². The third-order valence-electron chi connectivity index (χ3n) is 1.62. The molecule has 0 saturated heterocycles. The molecule has 0 unspecified atom stereocenters. The van der Waals surface area contributed by atoms with Gasteiger partial charge in [0.15, 0.2) is 11.9 Å². The SMILES string of the molecule is O=Cc1cccc2oc(=S)[nH]c12. The van der Waals surface area contributed by atoms with Crippen LogP contribution in [0.1, 0.15) is 10.4 Å². The molecule has 0 radical (unpaired) electrons. The van der Waals surface area contributed by atoms with Gasteiger partial charge in [-0.15, -0.1) is 0 Å². The van der Waals surface area contributed by atoms with E-state index in [9.17, 15) is 4.79 Å². The first-order valence-electron chi connectivity index (χ1n) is 3.38. The van der Waals surface area contributed by atoms with Crippen LogP contribution in [0.25, 0.3) is 11.1 Å². The Labute approximate surface area is 73.0 Å². The number of aromatic amines is 1. The molecule has 0 atom stereocenters. The summed E-state index contributed by atoms with van der Waals surface area (Å²) in [5.41, 5.74) is 1.84. The summed E-state index contributed by atoms with van der Waals surface area (Å²) in [4.78, 5) is 13.6. The van der Waals surface area contributed by atoms with Crippen molar-refractivity contribution >= 4 is 29.6 Å². The van der Waals surface area contributed by atoms with E-state index in [2.05, 4.69) is 4.98 Å². The maximum Gasteiger partial charge on any atom is 0.266 e. The summed E-state index contributed by atoms with van der Waals surface area (Å²) in [5.74, 6) is 0. The Morgan fingerprint density at radius 3 is 3.08 bits per heavy atom. The van der Waals surface area contributed by atoms with Gasteiger partial charge in [-0.3, -0.25) is 4.79 Å². The molecule has 4 heteroatoms. The Kier molecular flexibility index (Phi) is 1.55. The van der Waals surface area contributed by atoms with Crippen LogP contribution in [0.2, 0.25) is 0 Å². The highest BCUT2D eigenvalue weighted by Gasteiger charge is 2.02. The number of H-pyrrole nitrogens is 1. The summed E-state index contributed by atoms with van der Waals surface area (Å²) >= 11 is 4.78. The van der Waals surface area contributed by atoms with Crippen LogP contribution < -0.4 is 0 Å². The first-order chi connectivity index (χ1) is 5.81. The number of aldehydes is 1. The smallest absolute Gasteiger partial charge is 0.266 e. The number of hydrogen-bond acceptors (Lipinski definition) is 3. The van der Waals surface area contributed by atoms with Crippen molar-refractivity contribution in [3.63, 3.8) is 0 Å². The maximum absolute atomic E-state index is 10.5. The molecule has 1 aromatic heterocycles. The third kappa shape index (κ3) is 0.967. The Hall–Kier alpha value is -1.42. The number of hydrogen-bond donors (Lipinski definition) is 1. The fourth-order valence-electron chi connectivity index (χ4n) is 1.09. The lowest BCUT2D eigenvalue weighted by Gasteiger charge is -1.88. The standard InChI is InChI=1S/C8H5NO2S/c10-4-5-2-1-3-6-7(5)9-8(12)11-6/h1-4H,(H,9,12). The van der Waals surface area contributed by atoms with E-state index in [0.29, 0.717) is 21.5 Å². The number of benzene rings is 1. The molecule has 60 valence electrons. The lowest BCUT2D eigenvalue weighted by atomic mass is 10.2. The van der Waals surface area contributed by atoms with Crippen LogP contribution in [0.15, 0.2) is 22.6 Å². The van der Waals surface area contributed by atoms with E-state index in [1.54, 1.807) is 18.2 Å². The van der Waals surface area contributed by atoms with E-state index < -0.39 is 0 Å². The number of aromatic nitrogens is 1. The van der Waals surface area contributed by atoms with Crippen molar-refractivity contribution in [2.45, 2.75) is 0 Å². The number of carbonyl (C=O) groups excluding carboxylic acids is 1. The summed E-state index contributed by atoms with van der Waals surface area (Å²) in [6.07, 6.45) is 0.767. The van der Waals surface area contributed by atoms with Crippen molar-refractivity contribution in [2.75, 3.05) is 0 Å². The number of carbonyl (C=O) groups is 1. The van der Waals surface area contributed by atoms with Crippen molar-refractivity contribution in [2.24, 2.45) is 0 Å². The highest BCUT2D eigenvalue weighted by molar-refractivity contribution is 7.71. The molecule has 2 rings (SSSR count). The number of para-hydroxylation sites is 1. The first kappa shape index (κ1) is 7.24. The van der Waals surface area contributed by atoms with Crippen LogP contribution in [0, 0.1) is 4.84 Å². The molecule has 0 saturated carbocycles. The molecule has 0 aliphatic heterocycles. The summed E-state index contributed by atoms with van der Waals surface area (Å²) < 4.78 is 5.11. The molecule has 0 aliphatic carbocycles.